The van der Waals surface area contributed by atoms with E-state index in [1.54, 1.807) is 13.1 Å². The molecular weight excluding hydrogens is 478 g/mol. The largest absolute Gasteiger partial charge is 0.473 e. The molecule has 9 heteroatoms. The molecule has 0 spiro atoms. The summed E-state index contributed by atoms with van der Waals surface area (Å²) in [5.41, 5.74) is 3.65. The van der Waals surface area contributed by atoms with Gasteiger partial charge in [-0.25, -0.2) is 9.67 Å². The second kappa shape index (κ2) is 9.60. The SMILES string of the molecule is CCNc1cc2c(cn1)c(-c1ccc(C3(C#N)CC3)cc1)nn2[C@H]1CC[C@@H](Oc2ccc(=O)n(C)n2)CC1. The van der Waals surface area contributed by atoms with Gasteiger partial charge in [-0.05, 0) is 51.0 Å². The first-order valence-corrected chi connectivity index (χ1v) is 13.3. The maximum atomic E-state index is 11.6. The molecule has 1 aromatic carbocycles. The van der Waals surface area contributed by atoms with Crippen LogP contribution in [0.4, 0.5) is 5.82 Å². The number of benzene rings is 1. The van der Waals surface area contributed by atoms with Crippen molar-refractivity contribution in [2.45, 2.75) is 63.0 Å². The normalized spacial score (nSPS) is 20.1. The quantitative estimate of drug-likeness (QED) is 0.383. The molecule has 0 amide bonds. The highest BCUT2D eigenvalue weighted by molar-refractivity contribution is 5.94. The molecule has 9 nitrogen and oxygen atoms in total. The molecule has 3 aromatic heterocycles. The predicted molar refractivity (Wildman–Crippen MR) is 145 cm³/mol. The molecule has 0 aliphatic heterocycles. The van der Waals surface area contributed by atoms with Gasteiger partial charge in [0.15, 0.2) is 0 Å². The highest BCUT2D eigenvalue weighted by atomic mass is 16.5. The van der Waals surface area contributed by atoms with Crippen LogP contribution >= 0.6 is 0 Å². The van der Waals surface area contributed by atoms with Crippen molar-refractivity contribution >= 4 is 16.7 Å². The lowest BCUT2D eigenvalue weighted by atomic mass is 9.93. The number of hydrogen-bond acceptors (Lipinski definition) is 7. The van der Waals surface area contributed by atoms with Gasteiger partial charge in [0.2, 0.25) is 5.88 Å². The fourth-order valence-electron chi connectivity index (χ4n) is 5.46. The van der Waals surface area contributed by atoms with Crippen molar-refractivity contribution in [1.82, 2.24) is 24.5 Å². The number of pyridine rings is 1. The third-order valence-electron chi connectivity index (χ3n) is 7.84. The van der Waals surface area contributed by atoms with Crippen molar-refractivity contribution in [1.29, 1.82) is 5.26 Å². The fourth-order valence-corrected chi connectivity index (χ4v) is 5.46. The molecule has 2 saturated carbocycles. The van der Waals surface area contributed by atoms with Crippen molar-refractivity contribution < 1.29 is 4.74 Å². The van der Waals surface area contributed by atoms with Crippen LogP contribution in [0.15, 0.2) is 53.5 Å². The molecular formula is C29H31N7O2. The summed E-state index contributed by atoms with van der Waals surface area (Å²) in [5.74, 6) is 1.32. The summed E-state index contributed by atoms with van der Waals surface area (Å²) in [6.07, 6.45) is 7.44. The van der Waals surface area contributed by atoms with Crippen LogP contribution in [0, 0.1) is 11.3 Å². The summed E-state index contributed by atoms with van der Waals surface area (Å²) in [5, 5.41) is 23.3. The molecule has 0 unspecified atom stereocenters. The summed E-state index contributed by atoms with van der Waals surface area (Å²) < 4.78 is 9.56. The Morgan fingerprint density at radius 3 is 2.53 bits per heavy atom. The first-order valence-electron chi connectivity index (χ1n) is 13.3. The van der Waals surface area contributed by atoms with Gasteiger partial charge < -0.3 is 10.1 Å². The minimum atomic E-state index is -0.299. The minimum Gasteiger partial charge on any atom is -0.473 e. The average Bonchev–Trinajstić information content (AvgIpc) is 3.66. The Kier molecular flexibility index (Phi) is 6.10. The van der Waals surface area contributed by atoms with E-state index in [0.717, 1.165) is 78.6 Å². The Morgan fingerprint density at radius 2 is 1.87 bits per heavy atom. The van der Waals surface area contributed by atoms with Crippen LogP contribution in [-0.2, 0) is 12.5 Å². The molecule has 0 saturated heterocycles. The lowest BCUT2D eigenvalue weighted by Gasteiger charge is -2.29. The van der Waals surface area contributed by atoms with E-state index < -0.39 is 0 Å². The van der Waals surface area contributed by atoms with Gasteiger partial charge in [0.1, 0.15) is 17.6 Å². The van der Waals surface area contributed by atoms with E-state index in [1.165, 1.54) is 10.7 Å². The number of aromatic nitrogens is 5. The smallest absolute Gasteiger partial charge is 0.266 e. The maximum absolute atomic E-state index is 11.6. The molecule has 2 aliphatic carbocycles. The molecule has 1 N–H and O–H groups in total. The molecule has 0 atom stereocenters. The van der Waals surface area contributed by atoms with Gasteiger partial charge in [-0.1, -0.05) is 24.3 Å². The van der Waals surface area contributed by atoms with Crippen molar-refractivity contribution in [2.24, 2.45) is 7.05 Å². The Labute approximate surface area is 221 Å². The minimum absolute atomic E-state index is 0.0546. The number of aryl methyl sites for hydroxylation is 1. The van der Waals surface area contributed by atoms with E-state index in [9.17, 15) is 10.1 Å². The monoisotopic (exact) mass is 509 g/mol. The highest BCUT2D eigenvalue weighted by Gasteiger charge is 2.44. The molecule has 3 heterocycles. The van der Waals surface area contributed by atoms with Gasteiger partial charge in [0.05, 0.1) is 23.0 Å². The molecule has 2 fully saturated rings. The second-order valence-electron chi connectivity index (χ2n) is 10.4. The standard InChI is InChI=1S/C29H31N7O2/c1-3-31-25-16-24-23(17-32-25)28(19-4-6-20(7-5-19)29(18-30)14-15-29)34-36(24)21-8-10-22(11-9-21)38-26-12-13-27(37)35(2)33-26/h4-7,12-13,16-17,21-22H,3,8-11,14-15H2,1-2H3,(H,31,32)/t21-,22+. The Hall–Kier alpha value is -4.19. The summed E-state index contributed by atoms with van der Waals surface area (Å²) in [7, 11) is 1.63. The summed E-state index contributed by atoms with van der Waals surface area (Å²) in [6, 6.07) is 16.3. The van der Waals surface area contributed by atoms with Gasteiger partial charge in [0, 0.05) is 48.9 Å². The van der Waals surface area contributed by atoms with Gasteiger partial charge in [-0.3, -0.25) is 9.48 Å². The first kappa shape index (κ1) is 24.2. The third kappa shape index (κ3) is 4.40. The Balaban J connectivity index is 1.27. The number of anilines is 1. The van der Waals surface area contributed by atoms with Crippen LogP contribution in [0.25, 0.3) is 22.2 Å². The number of hydrogen-bond donors (Lipinski definition) is 1. The average molecular weight is 510 g/mol. The number of nitrogens with one attached hydrogen (secondary N) is 1. The summed E-state index contributed by atoms with van der Waals surface area (Å²) >= 11 is 0. The van der Waals surface area contributed by atoms with Crippen molar-refractivity contribution in [3.8, 4) is 23.2 Å². The lowest BCUT2D eigenvalue weighted by Crippen LogP contribution is -2.27. The van der Waals surface area contributed by atoms with Crippen molar-refractivity contribution in [3.63, 3.8) is 0 Å². The van der Waals surface area contributed by atoms with Crippen LogP contribution in [0.2, 0.25) is 0 Å². The van der Waals surface area contributed by atoms with E-state index in [-0.39, 0.29) is 23.1 Å². The number of fused-ring (bicyclic) bond motifs is 1. The molecule has 194 valence electrons. The van der Waals surface area contributed by atoms with Crippen LogP contribution in [0.5, 0.6) is 5.88 Å². The lowest BCUT2D eigenvalue weighted by molar-refractivity contribution is 0.123. The number of rotatable bonds is 7. The number of nitriles is 1. The zero-order chi connectivity index (χ0) is 26.3. The zero-order valence-electron chi connectivity index (χ0n) is 21.7. The van der Waals surface area contributed by atoms with Crippen molar-refractivity contribution in [3.05, 3.63) is 64.6 Å². The van der Waals surface area contributed by atoms with Crippen LogP contribution in [-0.4, -0.2) is 37.2 Å². The molecule has 38 heavy (non-hydrogen) atoms. The Morgan fingerprint density at radius 1 is 1.11 bits per heavy atom. The number of nitrogens with zero attached hydrogens (tertiary/aromatic N) is 6. The second-order valence-corrected chi connectivity index (χ2v) is 10.4. The van der Waals surface area contributed by atoms with Crippen LogP contribution in [0.3, 0.4) is 0 Å². The topological polar surface area (TPSA) is 111 Å². The number of ether oxygens (including phenoxy) is 1. The van der Waals surface area contributed by atoms with E-state index in [1.807, 2.05) is 6.20 Å². The summed E-state index contributed by atoms with van der Waals surface area (Å²) in [4.78, 5) is 16.3. The van der Waals surface area contributed by atoms with Crippen LogP contribution in [0.1, 0.15) is 57.1 Å². The molecule has 0 bridgehead atoms. The maximum Gasteiger partial charge on any atom is 0.266 e. The van der Waals surface area contributed by atoms with Gasteiger partial charge >= 0.3 is 0 Å². The van der Waals surface area contributed by atoms with E-state index in [4.69, 9.17) is 9.84 Å². The highest BCUT2D eigenvalue weighted by Crippen LogP contribution is 2.48. The van der Waals surface area contributed by atoms with Crippen molar-refractivity contribution in [2.75, 3.05) is 11.9 Å². The molecule has 2 aliphatic rings. The first-order chi connectivity index (χ1) is 18.5. The van der Waals surface area contributed by atoms with E-state index in [0.29, 0.717) is 5.88 Å². The molecule has 4 aromatic rings. The van der Waals surface area contributed by atoms with Gasteiger partial charge in [-0.2, -0.15) is 10.4 Å². The predicted octanol–water partition coefficient (Wildman–Crippen LogP) is 4.74. The zero-order valence-corrected chi connectivity index (χ0v) is 21.7. The molecule has 0 radical (unpaired) electrons. The van der Waals surface area contributed by atoms with Crippen LogP contribution < -0.4 is 15.6 Å². The van der Waals surface area contributed by atoms with Gasteiger partial charge in [0.25, 0.3) is 5.56 Å². The fraction of sp³-hybridized carbons (Fsp3) is 0.414. The third-order valence-corrected chi connectivity index (χ3v) is 7.84. The van der Waals surface area contributed by atoms with E-state index >= 15 is 0 Å². The Bertz CT molecular complexity index is 1570. The summed E-state index contributed by atoms with van der Waals surface area (Å²) in [6.45, 7) is 2.86. The molecule has 6 rings (SSSR count). The van der Waals surface area contributed by atoms with Gasteiger partial charge in [-0.15, -0.1) is 5.10 Å². The van der Waals surface area contributed by atoms with E-state index in [2.05, 4.69) is 63.4 Å².